The van der Waals surface area contributed by atoms with Crippen molar-refractivity contribution in [3.8, 4) is 11.4 Å². The Morgan fingerprint density at radius 1 is 1.07 bits per heavy atom. The smallest absolute Gasteiger partial charge is 0.416 e. The summed E-state index contributed by atoms with van der Waals surface area (Å²) in [5, 5.41) is 14.6. The van der Waals surface area contributed by atoms with E-state index in [9.17, 15) is 27.2 Å². The van der Waals surface area contributed by atoms with Crippen LogP contribution in [0.4, 0.5) is 23.2 Å². The van der Waals surface area contributed by atoms with Crippen LogP contribution in [0.1, 0.15) is 37.6 Å². The minimum Gasteiger partial charge on any atom is -0.467 e. The van der Waals surface area contributed by atoms with Gasteiger partial charge < -0.3 is 9.73 Å². The molecule has 0 aliphatic rings. The van der Waals surface area contributed by atoms with Gasteiger partial charge in [-0.2, -0.15) is 18.0 Å². The van der Waals surface area contributed by atoms with Crippen molar-refractivity contribution in [3.05, 3.63) is 84.1 Å². The molecule has 2 amide bonds. The summed E-state index contributed by atoms with van der Waals surface area (Å²) in [6.45, 7) is 3.66. The molecule has 0 aliphatic heterocycles. The molecule has 0 saturated heterocycles. The molecule has 0 spiro atoms. The van der Waals surface area contributed by atoms with E-state index in [2.05, 4.69) is 20.7 Å². The fraction of sp³-hybridized carbons (Fsp3) is 0.296. The molecule has 2 heterocycles. The topological polar surface area (TPSA) is 106 Å². The van der Waals surface area contributed by atoms with E-state index in [0.717, 1.165) is 27.9 Å². The number of tetrazole rings is 1. The lowest BCUT2D eigenvalue weighted by molar-refractivity contribution is -0.137. The monoisotopic (exact) mass is 558 g/mol. The highest BCUT2D eigenvalue weighted by atomic mass is 19.4. The maximum Gasteiger partial charge on any atom is 0.416 e. The molecule has 40 heavy (non-hydrogen) atoms. The van der Waals surface area contributed by atoms with E-state index < -0.39 is 42.0 Å². The highest BCUT2D eigenvalue weighted by molar-refractivity contribution is 6.01. The van der Waals surface area contributed by atoms with E-state index in [1.54, 1.807) is 0 Å². The van der Waals surface area contributed by atoms with E-state index in [1.807, 2.05) is 13.8 Å². The van der Waals surface area contributed by atoms with Crippen LogP contribution in [-0.2, 0) is 22.3 Å². The van der Waals surface area contributed by atoms with Gasteiger partial charge in [-0.3, -0.25) is 14.5 Å². The summed E-state index contributed by atoms with van der Waals surface area (Å²) < 4.78 is 59.5. The van der Waals surface area contributed by atoms with E-state index in [0.29, 0.717) is 12.0 Å². The second-order valence-corrected chi connectivity index (χ2v) is 9.35. The standard InChI is InChI=1S/C27H26F4N6O3/c1-17(2)12-13-32-26(39)24(22-7-4-14-40-22)37(21-6-3-5-19(15-21)27(29,30)31)23(38)16-36-34-25(33-35-36)18-8-10-20(28)11-9-18/h3-11,14-15,17,24H,12-13,16H2,1-2H3,(H,32,39). The first-order valence-electron chi connectivity index (χ1n) is 12.4. The van der Waals surface area contributed by atoms with Crippen LogP contribution in [-0.4, -0.2) is 38.6 Å². The predicted octanol–water partition coefficient (Wildman–Crippen LogP) is 5.03. The molecule has 0 bridgehead atoms. The minimum atomic E-state index is -4.69. The molecule has 1 atom stereocenters. The number of nitrogens with one attached hydrogen (secondary N) is 1. The molecule has 13 heteroatoms. The predicted molar refractivity (Wildman–Crippen MR) is 136 cm³/mol. The van der Waals surface area contributed by atoms with Crippen LogP contribution in [0.5, 0.6) is 0 Å². The van der Waals surface area contributed by atoms with Gasteiger partial charge in [0.2, 0.25) is 5.82 Å². The summed E-state index contributed by atoms with van der Waals surface area (Å²) >= 11 is 0. The molecule has 2 aromatic carbocycles. The normalized spacial score (nSPS) is 12.4. The zero-order chi connectivity index (χ0) is 28.9. The number of hydrogen-bond acceptors (Lipinski definition) is 6. The average molecular weight is 559 g/mol. The summed E-state index contributed by atoms with van der Waals surface area (Å²) in [4.78, 5) is 29.0. The molecular formula is C27H26F4N6O3. The number of carbonyl (C=O) groups excluding carboxylic acids is 2. The highest BCUT2D eigenvalue weighted by Crippen LogP contribution is 2.35. The number of alkyl halides is 3. The maximum atomic E-state index is 13.7. The van der Waals surface area contributed by atoms with Crippen LogP contribution in [0.25, 0.3) is 11.4 Å². The number of halogens is 4. The van der Waals surface area contributed by atoms with Crippen molar-refractivity contribution in [2.45, 2.75) is 39.0 Å². The number of anilines is 1. The molecule has 1 unspecified atom stereocenters. The van der Waals surface area contributed by atoms with Gasteiger partial charge in [0.05, 0.1) is 11.8 Å². The Bertz CT molecular complexity index is 1440. The lowest BCUT2D eigenvalue weighted by Gasteiger charge is -2.30. The first-order chi connectivity index (χ1) is 19.0. The van der Waals surface area contributed by atoms with Gasteiger partial charge >= 0.3 is 6.18 Å². The van der Waals surface area contributed by atoms with Gasteiger partial charge in [0, 0.05) is 17.8 Å². The number of nitrogens with zero attached hydrogens (tertiary/aromatic N) is 5. The second kappa shape index (κ2) is 12.1. The molecule has 210 valence electrons. The summed E-state index contributed by atoms with van der Waals surface area (Å²) in [6.07, 6.45) is -2.75. The molecule has 0 aliphatic carbocycles. The second-order valence-electron chi connectivity index (χ2n) is 9.35. The van der Waals surface area contributed by atoms with Crippen molar-refractivity contribution < 1.29 is 31.6 Å². The third kappa shape index (κ3) is 6.90. The largest absolute Gasteiger partial charge is 0.467 e. The average Bonchev–Trinajstić information content (AvgIpc) is 3.59. The summed E-state index contributed by atoms with van der Waals surface area (Å²) in [6, 6.07) is 10.9. The van der Waals surface area contributed by atoms with E-state index in [-0.39, 0.29) is 29.7 Å². The number of benzene rings is 2. The zero-order valence-electron chi connectivity index (χ0n) is 21.6. The van der Waals surface area contributed by atoms with Crippen LogP contribution in [0.2, 0.25) is 0 Å². The third-order valence-corrected chi connectivity index (χ3v) is 5.89. The fourth-order valence-corrected chi connectivity index (χ4v) is 3.89. The Labute approximate surface area is 226 Å². The van der Waals surface area contributed by atoms with Crippen LogP contribution >= 0.6 is 0 Å². The van der Waals surface area contributed by atoms with E-state index >= 15 is 0 Å². The lowest BCUT2D eigenvalue weighted by atomic mass is 10.1. The van der Waals surface area contributed by atoms with Crippen molar-refractivity contribution in [2.75, 3.05) is 11.4 Å². The van der Waals surface area contributed by atoms with Crippen molar-refractivity contribution in [3.63, 3.8) is 0 Å². The highest BCUT2D eigenvalue weighted by Gasteiger charge is 2.37. The minimum absolute atomic E-state index is 0.0476. The molecule has 1 N–H and O–H groups in total. The number of hydrogen-bond donors (Lipinski definition) is 1. The lowest BCUT2D eigenvalue weighted by Crippen LogP contribution is -2.45. The quantitative estimate of drug-likeness (QED) is 0.274. The third-order valence-electron chi connectivity index (χ3n) is 5.89. The van der Waals surface area contributed by atoms with Gasteiger partial charge in [-0.25, -0.2) is 4.39 Å². The fourth-order valence-electron chi connectivity index (χ4n) is 3.89. The summed E-state index contributed by atoms with van der Waals surface area (Å²) in [5.74, 6) is -1.47. The first-order valence-corrected chi connectivity index (χ1v) is 12.4. The molecule has 4 rings (SSSR count). The van der Waals surface area contributed by atoms with Crippen molar-refractivity contribution >= 4 is 17.5 Å². The summed E-state index contributed by atoms with van der Waals surface area (Å²) in [7, 11) is 0. The van der Waals surface area contributed by atoms with E-state index in [4.69, 9.17) is 4.42 Å². The molecule has 0 radical (unpaired) electrons. The molecule has 2 aromatic heterocycles. The Hall–Kier alpha value is -4.55. The molecular weight excluding hydrogens is 532 g/mol. The Morgan fingerprint density at radius 2 is 1.82 bits per heavy atom. The van der Waals surface area contributed by atoms with Crippen LogP contribution in [0.15, 0.2) is 71.3 Å². The Balaban J connectivity index is 1.71. The zero-order valence-corrected chi connectivity index (χ0v) is 21.6. The number of carbonyl (C=O) groups is 2. The van der Waals surface area contributed by atoms with Crippen molar-refractivity contribution in [1.82, 2.24) is 25.5 Å². The number of furan rings is 1. The van der Waals surface area contributed by atoms with Crippen LogP contribution in [0.3, 0.4) is 0 Å². The van der Waals surface area contributed by atoms with Crippen LogP contribution in [0, 0.1) is 11.7 Å². The van der Waals surface area contributed by atoms with Gasteiger partial charge in [0.1, 0.15) is 18.1 Å². The van der Waals surface area contributed by atoms with Crippen LogP contribution < -0.4 is 10.2 Å². The van der Waals surface area contributed by atoms with E-state index in [1.165, 1.54) is 48.7 Å². The van der Waals surface area contributed by atoms with Crippen molar-refractivity contribution in [1.29, 1.82) is 0 Å². The number of rotatable bonds is 10. The Kier molecular flexibility index (Phi) is 8.61. The summed E-state index contributed by atoms with van der Waals surface area (Å²) in [5.41, 5.74) is -0.745. The van der Waals surface area contributed by atoms with Gasteiger partial charge in [-0.1, -0.05) is 19.9 Å². The first kappa shape index (κ1) is 28.5. The van der Waals surface area contributed by atoms with Crippen molar-refractivity contribution in [2.24, 2.45) is 5.92 Å². The molecule has 4 aromatic rings. The molecule has 9 nitrogen and oxygen atoms in total. The van der Waals surface area contributed by atoms with Gasteiger partial charge in [-0.15, -0.1) is 10.2 Å². The van der Waals surface area contributed by atoms with Gasteiger partial charge in [0.15, 0.2) is 6.04 Å². The van der Waals surface area contributed by atoms with Gasteiger partial charge in [-0.05, 0) is 72.1 Å². The number of amides is 2. The van der Waals surface area contributed by atoms with Gasteiger partial charge in [0.25, 0.3) is 11.8 Å². The SMILES string of the molecule is CC(C)CCNC(=O)C(c1ccco1)N(C(=O)Cn1nnc(-c2ccc(F)cc2)n1)c1cccc(C(F)(F)F)c1. The number of aromatic nitrogens is 4. The molecule has 0 fully saturated rings. The molecule has 0 saturated carbocycles. The Morgan fingerprint density at radius 3 is 2.48 bits per heavy atom. The maximum absolute atomic E-state index is 13.7.